The average molecular weight is 389 g/mol. The number of nitrogens with zero attached hydrogens (tertiary/aromatic N) is 2. The van der Waals surface area contributed by atoms with Crippen molar-refractivity contribution in [3.05, 3.63) is 82.5 Å². The molecule has 0 fully saturated rings. The Morgan fingerprint density at radius 3 is 2.66 bits per heavy atom. The summed E-state index contributed by atoms with van der Waals surface area (Å²) in [6.07, 6.45) is 0.282. The Hall–Kier alpha value is -3.61. The smallest absolute Gasteiger partial charge is 0.318 e. The molecular formula is C22H23N5O2. The lowest BCUT2D eigenvalue weighted by atomic mass is 10.1. The first-order valence-electron chi connectivity index (χ1n) is 9.56. The van der Waals surface area contributed by atoms with E-state index in [0.29, 0.717) is 25.5 Å². The lowest BCUT2D eigenvalue weighted by molar-refractivity contribution is -0.115. The predicted octanol–water partition coefficient (Wildman–Crippen LogP) is 3.12. The van der Waals surface area contributed by atoms with Gasteiger partial charge in [-0.05, 0) is 18.1 Å². The van der Waals surface area contributed by atoms with Crippen molar-refractivity contribution in [1.29, 1.82) is 0 Å². The number of carbonyl (C=O) groups is 2. The van der Waals surface area contributed by atoms with E-state index >= 15 is 0 Å². The standard InChI is InChI=1S/C22H23N5O2/c1-15-6-5-9-17(10-15)11-20(28)24-21-18-13-27(14-19(18)25-26-21)22(29)23-12-16-7-3-2-4-8-16/h2-10H,11-14H2,1H3,(H,23,29)(H2,24,25,26,28). The lowest BCUT2D eigenvalue weighted by Gasteiger charge is -2.17. The molecule has 4 rings (SSSR count). The van der Waals surface area contributed by atoms with Crippen LogP contribution in [0.15, 0.2) is 54.6 Å². The molecule has 7 nitrogen and oxygen atoms in total. The summed E-state index contributed by atoms with van der Waals surface area (Å²) in [4.78, 5) is 26.6. The molecule has 0 unspecified atom stereocenters. The van der Waals surface area contributed by atoms with Crippen LogP contribution < -0.4 is 10.6 Å². The Bertz CT molecular complexity index is 1030. The average Bonchev–Trinajstić information content (AvgIpc) is 3.29. The molecule has 0 bridgehead atoms. The van der Waals surface area contributed by atoms with Crippen LogP contribution in [0, 0.1) is 6.92 Å². The van der Waals surface area contributed by atoms with Gasteiger partial charge in [-0.25, -0.2) is 4.79 Å². The highest BCUT2D eigenvalue weighted by molar-refractivity contribution is 5.92. The highest BCUT2D eigenvalue weighted by Crippen LogP contribution is 2.27. The van der Waals surface area contributed by atoms with E-state index in [0.717, 1.165) is 27.9 Å². The van der Waals surface area contributed by atoms with Crippen LogP contribution in [0.2, 0.25) is 0 Å². The van der Waals surface area contributed by atoms with Crippen molar-refractivity contribution in [3.63, 3.8) is 0 Å². The molecule has 0 radical (unpaired) electrons. The summed E-state index contributed by atoms with van der Waals surface area (Å²) in [5, 5.41) is 12.9. The molecule has 1 aliphatic rings. The Morgan fingerprint density at radius 1 is 1.07 bits per heavy atom. The number of carbonyl (C=O) groups excluding carboxylic acids is 2. The third kappa shape index (κ3) is 4.45. The highest BCUT2D eigenvalue weighted by Gasteiger charge is 2.28. The van der Waals surface area contributed by atoms with E-state index in [1.54, 1.807) is 4.90 Å². The Labute approximate surface area is 169 Å². The van der Waals surface area contributed by atoms with Gasteiger partial charge in [0.2, 0.25) is 5.91 Å². The number of H-pyrrole nitrogens is 1. The van der Waals surface area contributed by atoms with E-state index in [9.17, 15) is 9.59 Å². The van der Waals surface area contributed by atoms with Gasteiger partial charge in [0.05, 0.1) is 25.2 Å². The molecule has 0 saturated heterocycles. The van der Waals surface area contributed by atoms with Crippen LogP contribution >= 0.6 is 0 Å². The molecule has 29 heavy (non-hydrogen) atoms. The van der Waals surface area contributed by atoms with E-state index in [4.69, 9.17) is 0 Å². The van der Waals surface area contributed by atoms with Crippen molar-refractivity contribution in [1.82, 2.24) is 20.4 Å². The van der Waals surface area contributed by atoms with Crippen molar-refractivity contribution >= 4 is 17.8 Å². The van der Waals surface area contributed by atoms with E-state index in [2.05, 4.69) is 20.8 Å². The second-order valence-electron chi connectivity index (χ2n) is 7.24. The molecular weight excluding hydrogens is 366 g/mol. The van der Waals surface area contributed by atoms with Crippen LogP contribution in [0.3, 0.4) is 0 Å². The number of amides is 3. The number of aryl methyl sites for hydroxylation is 1. The van der Waals surface area contributed by atoms with Gasteiger partial charge >= 0.3 is 6.03 Å². The van der Waals surface area contributed by atoms with Gasteiger partial charge in [-0.2, -0.15) is 5.10 Å². The maximum atomic E-state index is 12.5. The number of rotatable bonds is 5. The Balaban J connectivity index is 1.34. The van der Waals surface area contributed by atoms with Crippen molar-refractivity contribution in [2.45, 2.75) is 33.0 Å². The SMILES string of the molecule is Cc1cccc(CC(=O)Nc2n[nH]c3c2CN(C(=O)NCc2ccccc2)C3)c1. The quantitative estimate of drug-likeness (QED) is 0.626. The van der Waals surface area contributed by atoms with Gasteiger partial charge in [0.25, 0.3) is 0 Å². The van der Waals surface area contributed by atoms with Gasteiger partial charge in [0, 0.05) is 12.1 Å². The zero-order chi connectivity index (χ0) is 20.2. The van der Waals surface area contributed by atoms with Gasteiger partial charge in [-0.3, -0.25) is 9.89 Å². The molecule has 0 aliphatic carbocycles. The summed E-state index contributed by atoms with van der Waals surface area (Å²) >= 11 is 0. The zero-order valence-electron chi connectivity index (χ0n) is 16.2. The second-order valence-corrected chi connectivity index (χ2v) is 7.24. The van der Waals surface area contributed by atoms with Crippen LogP contribution in [0.4, 0.5) is 10.6 Å². The summed E-state index contributed by atoms with van der Waals surface area (Å²) in [6, 6.07) is 17.5. The molecule has 7 heteroatoms. The molecule has 1 aliphatic heterocycles. The molecule has 1 aromatic heterocycles. The number of fused-ring (bicyclic) bond motifs is 1. The minimum atomic E-state index is -0.143. The first-order valence-corrected chi connectivity index (χ1v) is 9.56. The number of hydrogen-bond donors (Lipinski definition) is 3. The number of urea groups is 1. The maximum Gasteiger partial charge on any atom is 0.318 e. The molecule has 148 valence electrons. The van der Waals surface area contributed by atoms with E-state index in [1.165, 1.54) is 0 Å². The number of aromatic amines is 1. The summed E-state index contributed by atoms with van der Waals surface area (Å²) < 4.78 is 0. The van der Waals surface area contributed by atoms with Crippen molar-refractivity contribution < 1.29 is 9.59 Å². The Kier molecular flexibility index (Phi) is 5.29. The van der Waals surface area contributed by atoms with Crippen molar-refractivity contribution in [2.75, 3.05) is 5.32 Å². The van der Waals surface area contributed by atoms with E-state index in [1.807, 2.05) is 61.5 Å². The van der Waals surface area contributed by atoms with Crippen LogP contribution in [-0.2, 0) is 30.8 Å². The first-order chi connectivity index (χ1) is 14.1. The summed E-state index contributed by atoms with van der Waals surface area (Å²) in [6.45, 7) is 3.32. The zero-order valence-corrected chi connectivity index (χ0v) is 16.2. The fourth-order valence-electron chi connectivity index (χ4n) is 3.46. The first kappa shape index (κ1) is 18.7. The highest BCUT2D eigenvalue weighted by atomic mass is 16.2. The van der Waals surface area contributed by atoms with Gasteiger partial charge in [0.15, 0.2) is 5.82 Å². The van der Waals surface area contributed by atoms with Gasteiger partial charge in [-0.15, -0.1) is 0 Å². The molecule has 3 aromatic rings. The summed E-state index contributed by atoms with van der Waals surface area (Å²) in [5.74, 6) is 0.368. The number of nitrogens with one attached hydrogen (secondary N) is 3. The maximum absolute atomic E-state index is 12.5. The van der Waals surface area contributed by atoms with Gasteiger partial charge in [0.1, 0.15) is 0 Å². The third-order valence-corrected chi connectivity index (χ3v) is 4.93. The minimum absolute atomic E-state index is 0.128. The third-order valence-electron chi connectivity index (χ3n) is 4.93. The number of benzene rings is 2. The predicted molar refractivity (Wildman–Crippen MR) is 110 cm³/mol. The second kappa shape index (κ2) is 8.18. The minimum Gasteiger partial charge on any atom is -0.334 e. The molecule has 2 aromatic carbocycles. The molecule has 3 N–H and O–H groups in total. The number of aromatic nitrogens is 2. The molecule has 3 amide bonds. The topological polar surface area (TPSA) is 90.1 Å². The van der Waals surface area contributed by atoms with Gasteiger partial charge < -0.3 is 15.5 Å². The van der Waals surface area contributed by atoms with Gasteiger partial charge in [-0.1, -0.05) is 60.2 Å². The summed E-state index contributed by atoms with van der Waals surface area (Å²) in [5.41, 5.74) is 4.83. The lowest BCUT2D eigenvalue weighted by Crippen LogP contribution is -2.36. The molecule has 0 spiro atoms. The van der Waals surface area contributed by atoms with Crippen LogP contribution in [0.5, 0.6) is 0 Å². The van der Waals surface area contributed by atoms with Crippen molar-refractivity contribution in [3.8, 4) is 0 Å². The monoisotopic (exact) mass is 389 g/mol. The molecule has 0 atom stereocenters. The fraction of sp³-hybridized carbons (Fsp3) is 0.227. The largest absolute Gasteiger partial charge is 0.334 e. The number of hydrogen-bond acceptors (Lipinski definition) is 3. The molecule has 0 saturated carbocycles. The van der Waals surface area contributed by atoms with E-state index in [-0.39, 0.29) is 18.4 Å². The van der Waals surface area contributed by atoms with Crippen LogP contribution in [0.25, 0.3) is 0 Å². The number of anilines is 1. The summed E-state index contributed by atoms with van der Waals surface area (Å²) in [7, 11) is 0. The molecule has 2 heterocycles. The van der Waals surface area contributed by atoms with Crippen molar-refractivity contribution in [2.24, 2.45) is 0 Å². The normalized spacial score (nSPS) is 12.5. The van der Waals surface area contributed by atoms with E-state index < -0.39 is 0 Å². The van der Waals surface area contributed by atoms with Crippen LogP contribution in [-0.4, -0.2) is 27.0 Å². The fourth-order valence-corrected chi connectivity index (χ4v) is 3.46. The Morgan fingerprint density at radius 2 is 1.86 bits per heavy atom. The van der Waals surface area contributed by atoms with Crippen LogP contribution in [0.1, 0.15) is 27.9 Å².